The van der Waals surface area contributed by atoms with Crippen LogP contribution in [0.25, 0.3) is 0 Å². The molecule has 0 aromatic rings. The van der Waals surface area contributed by atoms with Gasteiger partial charge in [-0.15, -0.1) is 0 Å². The van der Waals surface area contributed by atoms with Gasteiger partial charge in [0.15, 0.2) is 0 Å². The van der Waals surface area contributed by atoms with Gasteiger partial charge in [0.1, 0.15) is 5.60 Å². The van der Waals surface area contributed by atoms with E-state index in [1.807, 2.05) is 13.8 Å². The van der Waals surface area contributed by atoms with Crippen molar-refractivity contribution in [2.45, 2.75) is 130 Å². The van der Waals surface area contributed by atoms with Crippen LogP contribution in [-0.2, 0) is 9.53 Å². The van der Waals surface area contributed by atoms with Crippen molar-refractivity contribution >= 4 is 5.97 Å². The van der Waals surface area contributed by atoms with Gasteiger partial charge in [-0.05, 0) is 118 Å². The Morgan fingerprint density at radius 3 is 2.42 bits per heavy atom. The summed E-state index contributed by atoms with van der Waals surface area (Å²) in [5.74, 6) is 0.947. The lowest BCUT2D eigenvalue weighted by molar-refractivity contribution is -0.186. The number of hydrogen-bond acceptors (Lipinski definition) is 3. The van der Waals surface area contributed by atoms with E-state index in [0.717, 1.165) is 50.5 Å². The molecular formula is C30H48O3. The Balaban J connectivity index is 1.39. The Bertz CT molecular complexity index is 864. The van der Waals surface area contributed by atoms with E-state index < -0.39 is 11.2 Å². The lowest BCUT2D eigenvalue weighted by Crippen LogP contribution is -2.55. The maximum atomic E-state index is 13.8. The molecule has 0 aromatic carbocycles. The monoisotopic (exact) mass is 456 g/mol. The predicted octanol–water partition coefficient (Wildman–Crippen LogP) is 7.22. The van der Waals surface area contributed by atoms with Crippen molar-refractivity contribution in [2.24, 2.45) is 39.4 Å². The van der Waals surface area contributed by atoms with E-state index >= 15 is 0 Å². The van der Waals surface area contributed by atoms with Crippen LogP contribution in [0.15, 0.2) is 11.6 Å². The molecule has 7 atom stereocenters. The summed E-state index contributed by atoms with van der Waals surface area (Å²) in [5, 5.41) is 10.8. The second kappa shape index (κ2) is 7.11. The average molecular weight is 457 g/mol. The van der Waals surface area contributed by atoms with Crippen LogP contribution in [0.3, 0.4) is 0 Å². The number of hydrogen-bond donors (Lipinski definition) is 1. The van der Waals surface area contributed by atoms with Gasteiger partial charge in [0.05, 0.1) is 5.60 Å². The fraction of sp³-hybridized carbons (Fsp3) is 0.900. The number of rotatable bonds is 3. The number of allylic oxidation sites excluding steroid dienone is 1. The van der Waals surface area contributed by atoms with E-state index in [4.69, 9.17) is 4.74 Å². The van der Waals surface area contributed by atoms with E-state index in [2.05, 4.69) is 40.7 Å². The van der Waals surface area contributed by atoms with Crippen molar-refractivity contribution in [1.29, 1.82) is 0 Å². The van der Waals surface area contributed by atoms with Gasteiger partial charge in [0.2, 0.25) is 0 Å². The van der Waals surface area contributed by atoms with Gasteiger partial charge in [0.25, 0.3) is 0 Å². The normalized spacial score (nSPS) is 48.6. The van der Waals surface area contributed by atoms with Gasteiger partial charge in [-0.25, -0.2) is 4.79 Å². The third-order valence-corrected chi connectivity index (χ3v) is 12.1. The van der Waals surface area contributed by atoms with Crippen molar-refractivity contribution < 1.29 is 14.6 Å². The molecule has 0 saturated heterocycles. The van der Waals surface area contributed by atoms with Gasteiger partial charge in [-0.3, -0.25) is 0 Å². The molecule has 7 unspecified atom stereocenters. The molecular weight excluding hydrogens is 408 g/mol. The molecule has 0 bridgehead atoms. The van der Waals surface area contributed by atoms with Crippen LogP contribution in [-0.4, -0.2) is 22.3 Å². The average Bonchev–Trinajstić information content (AvgIpc) is 3.44. The fourth-order valence-corrected chi connectivity index (χ4v) is 9.93. The first-order valence-corrected chi connectivity index (χ1v) is 13.8. The standard InChI is InChI=1S/C30H48O3/c1-25(2)12-8-14-28(6)17-11-21(22-19-30(22,25)28)24(31)33-29(7)15-9-13-27(5)16-10-20(18-23(27)29)26(3,4)32/h11,20,22-23,32H,8-10,12-19H2,1-7H3. The quantitative estimate of drug-likeness (QED) is 0.456. The molecule has 0 aromatic heterocycles. The summed E-state index contributed by atoms with van der Waals surface area (Å²) in [4.78, 5) is 13.8. The first-order chi connectivity index (χ1) is 15.2. The van der Waals surface area contributed by atoms with E-state index in [1.54, 1.807) is 0 Å². The summed E-state index contributed by atoms with van der Waals surface area (Å²) in [6.07, 6.45) is 14.8. The highest BCUT2D eigenvalue weighted by Gasteiger charge is 2.74. The predicted molar refractivity (Wildman–Crippen MR) is 133 cm³/mol. The minimum absolute atomic E-state index is 0.0302. The molecule has 1 N–H and O–H groups in total. The van der Waals surface area contributed by atoms with Gasteiger partial charge in [-0.1, -0.05) is 40.2 Å². The zero-order valence-electron chi connectivity index (χ0n) is 22.4. The van der Waals surface area contributed by atoms with Crippen LogP contribution in [0.1, 0.15) is 119 Å². The van der Waals surface area contributed by atoms with E-state index in [0.29, 0.717) is 22.7 Å². The molecule has 1 spiro atoms. The topological polar surface area (TPSA) is 46.5 Å². The highest BCUT2D eigenvalue weighted by Crippen LogP contribution is 2.80. The molecule has 5 rings (SSSR count). The lowest BCUT2D eigenvalue weighted by atomic mass is 9.50. The number of carbonyl (C=O) groups excluding carboxylic acids is 1. The maximum Gasteiger partial charge on any atom is 0.334 e. The third-order valence-electron chi connectivity index (χ3n) is 12.1. The number of fused-ring (bicyclic) bond motifs is 1. The maximum absolute atomic E-state index is 13.8. The van der Waals surface area contributed by atoms with Gasteiger partial charge >= 0.3 is 5.97 Å². The number of aliphatic hydroxyl groups is 1. The van der Waals surface area contributed by atoms with Gasteiger partial charge < -0.3 is 9.84 Å². The van der Waals surface area contributed by atoms with Gasteiger partial charge in [0, 0.05) is 11.5 Å². The molecule has 4 saturated carbocycles. The van der Waals surface area contributed by atoms with E-state index in [9.17, 15) is 9.90 Å². The van der Waals surface area contributed by atoms with Crippen LogP contribution in [0.5, 0.6) is 0 Å². The van der Waals surface area contributed by atoms with E-state index in [1.165, 1.54) is 25.7 Å². The number of carbonyl (C=O) groups is 1. The third kappa shape index (κ3) is 3.34. The van der Waals surface area contributed by atoms with Crippen molar-refractivity contribution in [2.75, 3.05) is 0 Å². The molecule has 186 valence electrons. The summed E-state index contributed by atoms with van der Waals surface area (Å²) in [6.45, 7) is 15.9. The summed E-state index contributed by atoms with van der Waals surface area (Å²) in [6, 6.07) is 0. The highest BCUT2D eigenvalue weighted by atomic mass is 16.6. The van der Waals surface area contributed by atoms with Crippen molar-refractivity contribution in [3.63, 3.8) is 0 Å². The van der Waals surface area contributed by atoms with Crippen molar-refractivity contribution in [3.8, 4) is 0 Å². The molecule has 4 fully saturated rings. The smallest absolute Gasteiger partial charge is 0.334 e. The fourth-order valence-electron chi connectivity index (χ4n) is 9.93. The molecule has 3 heteroatoms. The van der Waals surface area contributed by atoms with Crippen LogP contribution in [0.2, 0.25) is 0 Å². The Morgan fingerprint density at radius 1 is 1.03 bits per heavy atom. The summed E-state index contributed by atoms with van der Waals surface area (Å²) >= 11 is 0. The van der Waals surface area contributed by atoms with Gasteiger partial charge in [-0.2, -0.15) is 0 Å². The zero-order valence-corrected chi connectivity index (χ0v) is 22.4. The molecule has 0 amide bonds. The van der Waals surface area contributed by atoms with Crippen LogP contribution >= 0.6 is 0 Å². The summed E-state index contributed by atoms with van der Waals surface area (Å²) in [5.41, 5.74) is 1.000. The summed E-state index contributed by atoms with van der Waals surface area (Å²) < 4.78 is 6.60. The minimum atomic E-state index is -0.674. The van der Waals surface area contributed by atoms with Crippen LogP contribution in [0.4, 0.5) is 0 Å². The molecule has 0 radical (unpaired) electrons. The van der Waals surface area contributed by atoms with Crippen LogP contribution < -0.4 is 0 Å². The Hall–Kier alpha value is -0.830. The highest BCUT2D eigenvalue weighted by molar-refractivity contribution is 5.91. The van der Waals surface area contributed by atoms with Crippen molar-refractivity contribution in [3.05, 3.63) is 11.6 Å². The molecule has 0 heterocycles. The second-order valence-electron chi connectivity index (χ2n) is 14.8. The molecule has 5 aliphatic rings. The Morgan fingerprint density at radius 2 is 1.73 bits per heavy atom. The SMILES string of the molecule is CC(C)(O)C1CCC2(C)CCCC(C)(OC(=O)C3=CCC4(C)CCCC(C)(C)C45CC35)C2C1. The van der Waals surface area contributed by atoms with E-state index in [-0.39, 0.29) is 22.7 Å². The molecule has 5 aliphatic carbocycles. The molecule has 0 aliphatic heterocycles. The van der Waals surface area contributed by atoms with Crippen molar-refractivity contribution in [1.82, 2.24) is 0 Å². The van der Waals surface area contributed by atoms with Crippen LogP contribution in [0, 0.1) is 39.4 Å². The largest absolute Gasteiger partial charge is 0.456 e. The summed E-state index contributed by atoms with van der Waals surface area (Å²) in [7, 11) is 0. The lowest BCUT2D eigenvalue weighted by Gasteiger charge is -2.57. The Labute approximate surface area is 202 Å². The first kappa shape index (κ1) is 23.9. The zero-order chi connectivity index (χ0) is 24.1. The first-order valence-electron chi connectivity index (χ1n) is 13.8. The number of ether oxygens (including phenoxy) is 1. The molecule has 33 heavy (non-hydrogen) atoms. The number of esters is 1. The minimum Gasteiger partial charge on any atom is -0.456 e. The Kier molecular flexibility index (Phi) is 5.15. The molecule has 3 nitrogen and oxygen atoms in total. The second-order valence-corrected chi connectivity index (χ2v) is 14.8.